The number of aromatic nitrogens is 2. The van der Waals surface area contributed by atoms with E-state index in [0.717, 1.165) is 19.5 Å². The number of nitrogens with one attached hydrogen (secondary N) is 2. The maximum Gasteiger partial charge on any atom is 0.338 e. The number of esters is 1. The van der Waals surface area contributed by atoms with E-state index in [4.69, 9.17) is 4.74 Å². The van der Waals surface area contributed by atoms with Gasteiger partial charge >= 0.3 is 5.97 Å². The minimum absolute atomic E-state index is 0.259. The van der Waals surface area contributed by atoms with Crippen LogP contribution in [0.1, 0.15) is 34.2 Å². The molecule has 0 spiro atoms. The van der Waals surface area contributed by atoms with E-state index in [1.807, 2.05) is 14.1 Å². The Morgan fingerprint density at radius 3 is 2.56 bits per heavy atom. The fraction of sp³-hybridized carbons (Fsp3) is 0.368. The molecule has 2 aromatic rings. The Morgan fingerprint density at radius 1 is 1.15 bits per heavy atom. The number of hydrogen-bond acceptors (Lipinski definition) is 7. The van der Waals surface area contributed by atoms with Crippen LogP contribution in [0.2, 0.25) is 0 Å². The molecule has 1 aromatic heterocycles. The Kier molecular flexibility index (Phi) is 7.69. The summed E-state index contributed by atoms with van der Waals surface area (Å²) in [6.45, 7) is 3.79. The number of carbonyl (C=O) groups excluding carboxylic acids is 2. The normalized spacial score (nSPS) is 10.5. The van der Waals surface area contributed by atoms with Gasteiger partial charge in [-0.25, -0.2) is 14.8 Å². The lowest BCUT2D eigenvalue weighted by molar-refractivity contribution is 0.0526. The average molecular weight is 371 g/mol. The fourth-order valence-corrected chi connectivity index (χ4v) is 2.29. The van der Waals surface area contributed by atoms with E-state index in [1.165, 1.54) is 6.33 Å². The van der Waals surface area contributed by atoms with Gasteiger partial charge in [-0.05, 0) is 58.3 Å². The molecule has 144 valence electrons. The maximum atomic E-state index is 12.4. The van der Waals surface area contributed by atoms with Crippen molar-refractivity contribution < 1.29 is 14.3 Å². The molecule has 1 amide bonds. The lowest BCUT2D eigenvalue weighted by atomic mass is 10.2. The highest BCUT2D eigenvalue weighted by Crippen LogP contribution is 2.13. The van der Waals surface area contributed by atoms with Gasteiger partial charge in [-0.1, -0.05) is 0 Å². The average Bonchev–Trinajstić information content (AvgIpc) is 2.66. The third-order valence-corrected chi connectivity index (χ3v) is 3.64. The van der Waals surface area contributed by atoms with Gasteiger partial charge in [0.25, 0.3) is 5.91 Å². The van der Waals surface area contributed by atoms with Crippen molar-refractivity contribution in [3.05, 3.63) is 47.9 Å². The smallest absolute Gasteiger partial charge is 0.338 e. The summed E-state index contributed by atoms with van der Waals surface area (Å²) in [5.41, 5.74) is 1.25. The fourth-order valence-electron chi connectivity index (χ4n) is 2.29. The number of carbonyl (C=O) groups is 2. The molecule has 2 rings (SSSR count). The second-order valence-electron chi connectivity index (χ2n) is 6.12. The van der Waals surface area contributed by atoms with Gasteiger partial charge in [-0.3, -0.25) is 4.79 Å². The highest BCUT2D eigenvalue weighted by Gasteiger charge is 2.11. The Labute approximate surface area is 159 Å². The predicted molar refractivity (Wildman–Crippen MR) is 104 cm³/mol. The third-order valence-electron chi connectivity index (χ3n) is 3.64. The van der Waals surface area contributed by atoms with Gasteiger partial charge in [-0.15, -0.1) is 0 Å². The van der Waals surface area contributed by atoms with Gasteiger partial charge in [0.1, 0.15) is 17.8 Å². The summed E-state index contributed by atoms with van der Waals surface area (Å²) in [5.74, 6) is -0.139. The standard InChI is InChI=1S/C19H25N5O3/c1-4-27-19(26)14-6-8-15(9-7-14)23-18(25)16-12-17(22-13-21-16)20-10-5-11-24(2)3/h6-9,12-13H,4-5,10-11H2,1-3H3,(H,23,25)(H,20,21,22). The molecule has 0 atom stereocenters. The van der Waals surface area contributed by atoms with Crippen molar-refractivity contribution in [2.75, 3.05) is 44.4 Å². The summed E-state index contributed by atoms with van der Waals surface area (Å²) < 4.78 is 4.93. The minimum atomic E-state index is -0.392. The molecule has 0 unspecified atom stereocenters. The second kappa shape index (κ2) is 10.2. The molecular formula is C19H25N5O3. The number of rotatable bonds is 9. The minimum Gasteiger partial charge on any atom is -0.462 e. The summed E-state index contributed by atoms with van der Waals surface area (Å²) >= 11 is 0. The zero-order chi connectivity index (χ0) is 19.6. The SMILES string of the molecule is CCOC(=O)c1ccc(NC(=O)c2cc(NCCCN(C)C)ncn2)cc1. The summed E-state index contributed by atoms with van der Waals surface area (Å²) in [6, 6.07) is 8.10. The molecule has 0 saturated heterocycles. The molecule has 0 radical (unpaired) electrons. The van der Waals surface area contributed by atoms with Gasteiger partial charge in [0.05, 0.1) is 12.2 Å². The van der Waals surface area contributed by atoms with Crippen molar-refractivity contribution in [3.8, 4) is 0 Å². The zero-order valence-electron chi connectivity index (χ0n) is 15.9. The van der Waals surface area contributed by atoms with Gasteiger partial charge in [0.2, 0.25) is 0 Å². The molecule has 0 bridgehead atoms. The van der Waals surface area contributed by atoms with Gasteiger partial charge in [-0.2, -0.15) is 0 Å². The van der Waals surface area contributed by atoms with E-state index in [1.54, 1.807) is 37.3 Å². The highest BCUT2D eigenvalue weighted by molar-refractivity contribution is 6.03. The van der Waals surface area contributed by atoms with Crippen LogP contribution in [0.4, 0.5) is 11.5 Å². The largest absolute Gasteiger partial charge is 0.462 e. The molecular weight excluding hydrogens is 346 g/mol. The van der Waals surface area contributed by atoms with E-state index >= 15 is 0 Å². The van der Waals surface area contributed by atoms with Crippen molar-refractivity contribution >= 4 is 23.4 Å². The van der Waals surface area contributed by atoms with Crippen LogP contribution in [0.3, 0.4) is 0 Å². The van der Waals surface area contributed by atoms with Crippen LogP contribution in [0.5, 0.6) is 0 Å². The quantitative estimate of drug-likeness (QED) is 0.515. The van der Waals surface area contributed by atoms with E-state index in [9.17, 15) is 9.59 Å². The van der Waals surface area contributed by atoms with Crippen LogP contribution in [-0.2, 0) is 4.74 Å². The van der Waals surface area contributed by atoms with Crippen molar-refractivity contribution in [1.29, 1.82) is 0 Å². The van der Waals surface area contributed by atoms with Gasteiger partial charge in [0, 0.05) is 18.3 Å². The second-order valence-corrected chi connectivity index (χ2v) is 6.12. The first-order valence-electron chi connectivity index (χ1n) is 8.78. The summed E-state index contributed by atoms with van der Waals surface area (Å²) in [7, 11) is 4.04. The first kappa shape index (κ1) is 20.3. The Bertz CT molecular complexity index is 762. The number of nitrogens with zero attached hydrogens (tertiary/aromatic N) is 3. The lowest BCUT2D eigenvalue weighted by Gasteiger charge is -2.10. The predicted octanol–water partition coefficient (Wildman–Crippen LogP) is 2.27. The van der Waals surface area contributed by atoms with E-state index in [-0.39, 0.29) is 11.6 Å². The summed E-state index contributed by atoms with van der Waals surface area (Å²) in [5, 5.41) is 5.93. The van der Waals surface area contributed by atoms with Gasteiger partial charge in [0.15, 0.2) is 0 Å². The summed E-state index contributed by atoms with van der Waals surface area (Å²) in [4.78, 5) is 34.3. The monoisotopic (exact) mass is 371 g/mol. The Hall–Kier alpha value is -3.00. The van der Waals surface area contributed by atoms with Crippen LogP contribution in [0, 0.1) is 0 Å². The number of benzene rings is 1. The number of ether oxygens (including phenoxy) is 1. The summed E-state index contributed by atoms with van der Waals surface area (Å²) in [6.07, 6.45) is 2.32. The van der Waals surface area contributed by atoms with Crippen molar-refractivity contribution in [2.24, 2.45) is 0 Å². The van der Waals surface area contributed by atoms with E-state index < -0.39 is 5.97 Å². The van der Waals surface area contributed by atoms with Crippen molar-refractivity contribution in [3.63, 3.8) is 0 Å². The molecule has 8 heteroatoms. The van der Waals surface area contributed by atoms with Crippen LogP contribution in [0.25, 0.3) is 0 Å². The zero-order valence-corrected chi connectivity index (χ0v) is 15.9. The molecule has 1 heterocycles. The Balaban J connectivity index is 1.93. The highest BCUT2D eigenvalue weighted by atomic mass is 16.5. The van der Waals surface area contributed by atoms with Crippen LogP contribution in [0.15, 0.2) is 36.7 Å². The van der Waals surface area contributed by atoms with Crippen LogP contribution in [-0.4, -0.2) is 60.5 Å². The first-order chi connectivity index (χ1) is 13.0. The number of amides is 1. The van der Waals surface area contributed by atoms with Crippen molar-refractivity contribution in [2.45, 2.75) is 13.3 Å². The maximum absolute atomic E-state index is 12.4. The topological polar surface area (TPSA) is 96.4 Å². The van der Waals surface area contributed by atoms with E-state index in [0.29, 0.717) is 23.7 Å². The van der Waals surface area contributed by atoms with Crippen LogP contribution < -0.4 is 10.6 Å². The molecule has 1 aromatic carbocycles. The molecule has 0 aliphatic rings. The third kappa shape index (κ3) is 6.67. The molecule has 27 heavy (non-hydrogen) atoms. The van der Waals surface area contributed by atoms with Crippen LogP contribution >= 0.6 is 0 Å². The molecule has 8 nitrogen and oxygen atoms in total. The molecule has 0 aliphatic heterocycles. The Morgan fingerprint density at radius 2 is 1.89 bits per heavy atom. The number of anilines is 2. The van der Waals surface area contributed by atoms with Crippen molar-refractivity contribution in [1.82, 2.24) is 14.9 Å². The van der Waals surface area contributed by atoms with Gasteiger partial charge < -0.3 is 20.3 Å². The molecule has 2 N–H and O–H groups in total. The molecule has 0 saturated carbocycles. The number of hydrogen-bond donors (Lipinski definition) is 2. The molecule has 0 aliphatic carbocycles. The first-order valence-corrected chi connectivity index (χ1v) is 8.78. The lowest BCUT2D eigenvalue weighted by Crippen LogP contribution is -2.17. The molecule has 0 fully saturated rings. The van der Waals surface area contributed by atoms with E-state index in [2.05, 4.69) is 25.5 Å².